The quantitative estimate of drug-likeness (QED) is 0.468. The van der Waals surface area contributed by atoms with Gasteiger partial charge in [0, 0.05) is 12.7 Å². The minimum absolute atomic E-state index is 1.07. The van der Waals surface area contributed by atoms with Gasteiger partial charge >= 0.3 is 0 Å². The Morgan fingerprint density at radius 2 is 1.90 bits per heavy atom. The number of para-hydroxylation sites is 1. The predicted octanol–water partition coefficient (Wildman–Crippen LogP) is 1.96. The van der Waals surface area contributed by atoms with Crippen molar-refractivity contribution in [3.8, 4) is 0 Å². The Kier molecular flexibility index (Phi) is 2.40. The Morgan fingerprint density at radius 3 is 2.40 bits per heavy atom. The van der Waals surface area contributed by atoms with Crippen LogP contribution in [0.25, 0.3) is 0 Å². The van der Waals surface area contributed by atoms with Crippen LogP contribution in [0.2, 0.25) is 0 Å². The van der Waals surface area contributed by atoms with Crippen molar-refractivity contribution in [3.05, 3.63) is 30.3 Å². The highest BCUT2D eigenvalue weighted by molar-refractivity contribution is 7.79. The van der Waals surface area contributed by atoms with Gasteiger partial charge in [0.05, 0.1) is 0 Å². The molecule has 1 radical (unpaired) electrons. The Balaban J connectivity index is 2.84. The van der Waals surface area contributed by atoms with E-state index in [-0.39, 0.29) is 0 Å². The molecule has 51 valence electrons. The monoisotopic (exact) mass is 150 g/mol. The molecule has 0 spiro atoms. The summed E-state index contributed by atoms with van der Waals surface area (Å²) in [5, 5.41) is 0. The molecule has 0 aliphatic carbocycles. The molecule has 0 aliphatic heterocycles. The molecule has 2 heteroatoms. The highest BCUT2D eigenvalue weighted by Crippen LogP contribution is 2.08. The van der Waals surface area contributed by atoms with Crippen LogP contribution >= 0.6 is 12.2 Å². The van der Waals surface area contributed by atoms with E-state index in [1.807, 2.05) is 37.4 Å². The first-order valence-electron chi connectivity index (χ1n) is 3.01. The smallest absolute Gasteiger partial charge is 0.141 e. The summed E-state index contributed by atoms with van der Waals surface area (Å²) in [7, 11) is 1.88. The van der Waals surface area contributed by atoms with Gasteiger partial charge < -0.3 is 4.90 Å². The summed E-state index contributed by atoms with van der Waals surface area (Å²) in [6.07, 6.45) is 0. The second-order valence-corrected chi connectivity index (χ2v) is 2.17. The lowest BCUT2D eigenvalue weighted by atomic mass is 10.3. The Hall–Kier alpha value is -0.890. The Labute approximate surface area is 66.3 Å². The van der Waals surface area contributed by atoms with Crippen molar-refractivity contribution < 1.29 is 0 Å². The topological polar surface area (TPSA) is 3.24 Å². The van der Waals surface area contributed by atoms with Crippen LogP contribution in [0, 0.1) is 0 Å². The lowest BCUT2D eigenvalue weighted by molar-refractivity contribution is 1.32. The summed E-state index contributed by atoms with van der Waals surface area (Å²) in [6.45, 7) is 0. The molecule has 10 heavy (non-hydrogen) atoms. The summed E-state index contributed by atoms with van der Waals surface area (Å²) in [4.78, 5) is 1.77. The molecule has 1 nitrogen and oxygen atoms in total. The molecule has 1 aromatic rings. The molecule has 0 atom stereocenters. The van der Waals surface area contributed by atoms with E-state index in [0.29, 0.717) is 0 Å². The van der Waals surface area contributed by atoms with Gasteiger partial charge in [-0.3, -0.25) is 0 Å². The number of hydrogen-bond donors (Lipinski definition) is 0. The summed E-state index contributed by atoms with van der Waals surface area (Å²) < 4.78 is 0. The van der Waals surface area contributed by atoms with Crippen molar-refractivity contribution in [2.45, 2.75) is 0 Å². The highest BCUT2D eigenvalue weighted by atomic mass is 32.1. The molecule has 1 aromatic carbocycles. The normalized spacial score (nSPS) is 8.90. The van der Waals surface area contributed by atoms with E-state index < -0.39 is 0 Å². The van der Waals surface area contributed by atoms with E-state index in [2.05, 4.69) is 17.7 Å². The number of hydrogen-bond acceptors (Lipinski definition) is 1. The van der Waals surface area contributed by atoms with Crippen molar-refractivity contribution in [1.82, 2.24) is 0 Å². The maximum absolute atomic E-state index is 4.63. The lowest BCUT2D eigenvalue weighted by Crippen LogP contribution is -2.11. The zero-order chi connectivity index (χ0) is 7.40. The number of anilines is 1. The first-order valence-corrected chi connectivity index (χ1v) is 3.42. The van der Waals surface area contributed by atoms with Crippen LogP contribution in [0.1, 0.15) is 0 Å². The zero-order valence-corrected chi connectivity index (χ0v) is 6.56. The fraction of sp³-hybridized carbons (Fsp3) is 0.125. The molecule has 0 saturated heterocycles. The van der Waals surface area contributed by atoms with E-state index in [1.54, 1.807) is 4.90 Å². The second kappa shape index (κ2) is 3.32. The zero-order valence-electron chi connectivity index (χ0n) is 5.74. The van der Waals surface area contributed by atoms with Gasteiger partial charge in [-0.1, -0.05) is 30.4 Å². The van der Waals surface area contributed by atoms with Gasteiger partial charge in [0.25, 0.3) is 0 Å². The van der Waals surface area contributed by atoms with Crippen LogP contribution in [0.3, 0.4) is 0 Å². The molecule has 0 aromatic heterocycles. The molecule has 0 saturated carbocycles. The standard InChI is InChI=1S/C8H8NS/c1-9(7-10)8-5-3-2-4-6-8/h2-6H,1H3. The minimum atomic E-state index is 1.07. The number of rotatable bonds is 2. The predicted molar refractivity (Wildman–Crippen MR) is 47.4 cm³/mol. The van der Waals surface area contributed by atoms with Crippen molar-refractivity contribution >= 4 is 23.4 Å². The first kappa shape index (κ1) is 7.22. The molecular weight excluding hydrogens is 142 g/mol. The van der Waals surface area contributed by atoms with Gasteiger partial charge in [-0.05, 0) is 12.1 Å². The fourth-order valence-corrected chi connectivity index (χ4v) is 0.810. The third-order valence-electron chi connectivity index (χ3n) is 1.28. The molecule has 0 unspecified atom stereocenters. The number of benzene rings is 1. The van der Waals surface area contributed by atoms with Crippen LogP contribution in [-0.4, -0.2) is 12.5 Å². The SMILES string of the molecule is CN([C]=S)c1ccccc1. The van der Waals surface area contributed by atoms with Crippen molar-refractivity contribution in [2.24, 2.45) is 0 Å². The number of nitrogens with zero attached hydrogens (tertiary/aromatic N) is 1. The number of thiocarbonyl (C=S) groups is 1. The van der Waals surface area contributed by atoms with Crippen LogP contribution in [0.15, 0.2) is 30.3 Å². The molecule has 1 rings (SSSR count). The van der Waals surface area contributed by atoms with Crippen LogP contribution < -0.4 is 4.90 Å². The second-order valence-electron chi connectivity index (χ2n) is 1.99. The summed E-state index contributed by atoms with van der Waals surface area (Å²) in [5.74, 6) is 0. The molecule has 0 amide bonds. The van der Waals surface area contributed by atoms with Gasteiger partial charge in [0.2, 0.25) is 0 Å². The fourth-order valence-electron chi connectivity index (χ4n) is 0.704. The molecule has 0 fully saturated rings. The highest BCUT2D eigenvalue weighted by Gasteiger charge is 1.92. The third kappa shape index (κ3) is 1.54. The van der Waals surface area contributed by atoms with Crippen LogP contribution in [0.4, 0.5) is 5.69 Å². The van der Waals surface area contributed by atoms with E-state index in [4.69, 9.17) is 0 Å². The largest absolute Gasteiger partial charge is 0.333 e. The van der Waals surface area contributed by atoms with Gasteiger partial charge in [0.1, 0.15) is 5.49 Å². The maximum Gasteiger partial charge on any atom is 0.141 e. The van der Waals surface area contributed by atoms with Crippen molar-refractivity contribution in [1.29, 1.82) is 0 Å². The van der Waals surface area contributed by atoms with Crippen molar-refractivity contribution in [2.75, 3.05) is 11.9 Å². The van der Waals surface area contributed by atoms with E-state index in [1.165, 1.54) is 0 Å². The van der Waals surface area contributed by atoms with E-state index in [9.17, 15) is 0 Å². The van der Waals surface area contributed by atoms with E-state index in [0.717, 1.165) is 5.69 Å². The van der Waals surface area contributed by atoms with Gasteiger partial charge in [0.15, 0.2) is 0 Å². The van der Waals surface area contributed by atoms with Gasteiger partial charge in [-0.25, -0.2) is 0 Å². The third-order valence-corrected chi connectivity index (χ3v) is 1.55. The maximum atomic E-state index is 4.63. The Morgan fingerprint density at radius 1 is 1.30 bits per heavy atom. The molecule has 0 N–H and O–H groups in total. The summed E-state index contributed by atoms with van der Waals surface area (Å²) in [6, 6.07) is 9.89. The lowest BCUT2D eigenvalue weighted by Gasteiger charge is -2.09. The average Bonchev–Trinajstić information content (AvgIpc) is 2.05. The summed E-state index contributed by atoms with van der Waals surface area (Å²) in [5.41, 5.74) is 3.66. The summed E-state index contributed by atoms with van der Waals surface area (Å²) >= 11 is 4.63. The van der Waals surface area contributed by atoms with Gasteiger partial charge in [-0.15, -0.1) is 0 Å². The van der Waals surface area contributed by atoms with E-state index >= 15 is 0 Å². The first-order chi connectivity index (χ1) is 4.84. The molecule has 0 aliphatic rings. The Bertz CT molecular complexity index is 208. The van der Waals surface area contributed by atoms with Gasteiger partial charge in [-0.2, -0.15) is 0 Å². The average molecular weight is 150 g/mol. The molecular formula is C8H8NS. The van der Waals surface area contributed by atoms with Crippen LogP contribution in [-0.2, 0) is 0 Å². The van der Waals surface area contributed by atoms with Crippen LogP contribution in [0.5, 0.6) is 0 Å². The molecule has 0 heterocycles. The van der Waals surface area contributed by atoms with Crippen molar-refractivity contribution in [3.63, 3.8) is 0 Å². The molecule has 0 bridgehead atoms. The minimum Gasteiger partial charge on any atom is -0.333 e.